The third kappa shape index (κ3) is 2.76. The van der Waals surface area contributed by atoms with Crippen LogP contribution in [0.1, 0.15) is 43.7 Å². The molecule has 0 spiro atoms. The molecule has 1 aromatic heterocycles. The van der Waals surface area contributed by atoms with Gasteiger partial charge in [0.15, 0.2) is 0 Å². The molecule has 5 N–H and O–H groups in total. The van der Waals surface area contributed by atoms with Crippen molar-refractivity contribution in [3.8, 4) is 0 Å². The number of aromatic nitrogens is 1. The van der Waals surface area contributed by atoms with Crippen LogP contribution in [0, 0.1) is 0 Å². The zero-order valence-electron chi connectivity index (χ0n) is 12.2. The molecule has 0 bridgehead atoms. The van der Waals surface area contributed by atoms with Gasteiger partial charge in [-0.1, -0.05) is 30.9 Å². The molecule has 0 aromatic carbocycles. The average Bonchev–Trinajstić information content (AvgIpc) is 2.44. The van der Waals surface area contributed by atoms with E-state index in [2.05, 4.69) is 29.4 Å². The molecule has 5 nitrogen and oxygen atoms in total. The zero-order chi connectivity index (χ0) is 14.8. The lowest BCUT2D eigenvalue weighted by Crippen LogP contribution is -2.56. The van der Waals surface area contributed by atoms with Gasteiger partial charge in [-0.05, 0) is 33.0 Å². The Labute approximate surface area is 125 Å². The molecule has 1 aliphatic carbocycles. The van der Waals surface area contributed by atoms with Gasteiger partial charge in [0.05, 0.1) is 11.1 Å². The van der Waals surface area contributed by atoms with Gasteiger partial charge in [-0.15, -0.1) is 0 Å². The molecule has 0 aliphatic heterocycles. The molecule has 2 rings (SSSR count). The number of likely N-dealkylation sites (N-methyl/N-ethyl adjacent to an activating group) is 1. The number of hydrazine groups is 1. The standard InChI is InChI=1S/C14H24ClN5/c1-20(2)14(6-4-3-5-7-14)12(19-17)11-8-10(15)9-18-13(11)16/h8-9,12,19H,3-7,17H2,1-2H3,(H2,16,18). The van der Waals surface area contributed by atoms with Crippen molar-refractivity contribution in [2.24, 2.45) is 5.84 Å². The summed E-state index contributed by atoms with van der Waals surface area (Å²) in [6.45, 7) is 0. The van der Waals surface area contributed by atoms with E-state index in [0.717, 1.165) is 18.4 Å². The average molecular weight is 298 g/mol. The Hall–Kier alpha value is -0.880. The summed E-state index contributed by atoms with van der Waals surface area (Å²) in [6, 6.07) is 1.79. The monoisotopic (exact) mass is 297 g/mol. The van der Waals surface area contributed by atoms with E-state index in [1.807, 2.05) is 6.07 Å². The molecule has 1 aliphatic rings. The molecule has 112 valence electrons. The van der Waals surface area contributed by atoms with Crippen molar-refractivity contribution in [2.75, 3.05) is 19.8 Å². The number of nitrogens with zero attached hydrogens (tertiary/aromatic N) is 2. The van der Waals surface area contributed by atoms with Gasteiger partial charge in [-0.25, -0.2) is 4.98 Å². The van der Waals surface area contributed by atoms with Gasteiger partial charge in [0.1, 0.15) is 5.82 Å². The van der Waals surface area contributed by atoms with Gasteiger partial charge in [0.25, 0.3) is 0 Å². The van der Waals surface area contributed by atoms with Crippen molar-refractivity contribution >= 4 is 17.4 Å². The van der Waals surface area contributed by atoms with Gasteiger partial charge in [-0.2, -0.15) is 0 Å². The molecule has 1 atom stereocenters. The summed E-state index contributed by atoms with van der Waals surface area (Å²) in [5.41, 5.74) is 9.84. The molecule has 1 saturated carbocycles. The Morgan fingerprint density at radius 2 is 2.00 bits per heavy atom. The fraction of sp³-hybridized carbons (Fsp3) is 0.643. The van der Waals surface area contributed by atoms with E-state index >= 15 is 0 Å². The first kappa shape index (κ1) is 15.5. The molecule has 0 radical (unpaired) electrons. The lowest BCUT2D eigenvalue weighted by Gasteiger charge is -2.48. The van der Waals surface area contributed by atoms with Crippen molar-refractivity contribution in [2.45, 2.75) is 43.7 Å². The van der Waals surface area contributed by atoms with E-state index in [1.165, 1.54) is 19.3 Å². The van der Waals surface area contributed by atoms with Gasteiger partial charge >= 0.3 is 0 Å². The van der Waals surface area contributed by atoms with E-state index in [9.17, 15) is 0 Å². The summed E-state index contributed by atoms with van der Waals surface area (Å²) >= 11 is 6.08. The normalized spacial score (nSPS) is 20.1. The van der Waals surface area contributed by atoms with Crippen molar-refractivity contribution in [1.82, 2.24) is 15.3 Å². The first-order valence-corrected chi connectivity index (χ1v) is 7.43. The van der Waals surface area contributed by atoms with Crippen LogP contribution in [0.3, 0.4) is 0 Å². The SMILES string of the molecule is CN(C)C1(C(NN)c2cc(Cl)cnc2N)CCCCC1. The molecular formula is C14H24ClN5. The van der Waals surface area contributed by atoms with Crippen LogP contribution in [0.15, 0.2) is 12.3 Å². The highest BCUT2D eigenvalue weighted by Gasteiger charge is 2.43. The van der Waals surface area contributed by atoms with Crippen LogP contribution in [0.25, 0.3) is 0 Å². The number of anilines is 1. The molecule has 0 saturated heterocycles. The minimum atomic E-state index is -0.0796. The van der Waals surface area contributed by atoms with E-state index in [0.29, 0.717) is 10.8 Å². The number of nitrogens with one attached hydrogen (secondary N) is 1. The molecule has 1 aromatic rings. The van der Waals surface area contributed by atoms with Crippen LogP contribution in [-0.4, -0.2) is 29.5 Å². The van der Waals surface area contributed by atoms with Crippen LogP contribution >= 0.6 is 11.6 Å². The highest BCUT2D eigenvalue weighted by molar-refractivity contribution is 6.30. The Bertz CT molecular complexity index is 457. The lowest BCUT2D eigenvalue weighted by molar-refractivity contribution is 0.0566. The fourth-order valence-corrected chi connectivity index (χ4v) is 3.56. The summed E-state index contributed by atoms with van der Waals surface area (Å²) < 4.78 is 0. The highest BCUT2D eigenvalue weighted by Crippen LogP contribution is 2.43. The Kier molecular flexibility index (Phi) is 4.86. The van der Waals surface area contributed by atoms with E-state index in [-0.39, 0.29) is 11.6 Å². The van der Waals surface area contributed by atoms with Crippen molar-refractivity contribution in [3.05, 3.63) is 22.8 Å². The molecule has 6 heteroatoms. The van der Waals surface area contributed by atoms with Gasteiger partial charge in [0.2, 0.25) is 0 Å². The van der Waals surface area contributed by atoms with Crippen LogP contribution in [0.2, 0.25) is 5.02 Å². The molecule has 20 heavy (non-hydrogen) atoms. The minimum absolute atomic E-state index is 0.0481. The van der Waals surface area contributed by atoms with E-state index in [1.54, 1.807) is 6.20 Å². The van der Waals surface area contributed by atoms with Crippen molar-refractivity contribution in [1.29, 1.82) is 0 Å². The Balaban J connectivity index is 2.45. The maximum atomic E-state index is 6.08. The molecule has 1 heterocycles. The quantitative estimate of drug-likeness (QED) is 0.586. The predicted molar refractivity (Wildman–Crippen MR) is 83.2 cm³/mol. The third-order valence-electron chi connectivity index (χ3n) is 4.54. The second-order valence-corrected chi connectivity index (χ2v) is 6.22. The second-order valence-electron chi connectivity index (χ2n) is 5.79. The molecular weight excluding hydrogens is 274 g/mol. The van der Waals surface area contributed by atoms with Crippen molar-refractivity contribution in [3.63, 3.8) is 0 Å². The van der Waals surface area contributed by atoms with Gasteiger partial charge in [0, 0.05) is 17.3 Å². The first-order valence-electron chi connectivity index (χ1n) is 7.06. The Morgan fingerprint density at radius 3 is 2.55 bits per heavy atom. The number of hydrogen-bond acceptors (Lipinski definition) is 5. The lowest BCUT2D eigenvalue weighted by atomic mass is 9.73. The van der Waals surface area contributed by atoms with Crippen LogP contribution in [0.4, 0.5) is 5.82 Å². The highest BCUT2D eigenvalue weighted by atomic mass is 35.5. The number of rotatable bonds is 4. The maximum Gasteiger partial charge on any atom is 0.128 e. The number of pyridine rings is 1. The summed E-state index contributed by atoms with van der Waals surface area (Å²) in [5, 5.41) is 0.583. The smallest absolute Gasteiger partial charge is 0.128 e. The second kappa shape index (κ2) is 6.26. The Morgan fingerprint density at radius 1 is 1.35 bits per heavy atom. The fourth-order valence-electron chi connectivity index (χ4n) is 3.39. The molecule has 1 fully saturated rings. The van der Waals surface area contributed by atoms with Crippen molar-refractivity contribution < 1.29 is 0 Å². The zero-order valence-corrected chi connectivity index (χ0v) is 13.0. The van der Waals surface area contributed by atoms with Gasteiger partial charge < -0.3 is 10.6 Å². The topological polar surface area (TPSA) is 80.2 Å². The summed E-state index contributed by atoms with van der Waals surface area (Å²) in [6.07, 6.45) is 7.41. The molecule has 1 unspecified atom stereocenters. The van der Waals surface area contributed by atoms with Crippen LogP contribution in [-0.2, 0) is 0 Å². The van der Waals surface area contributed by atoms with Crippen LogP contribution < -0.4 is 17.0 Å². The molecule has 0 amide bonds. The maximum absolute atomic E-state index is 6.08. The van der Waals surface area contributed by atoms with Crippen LogP contribution in [0.5, 0.6) is 0 Å². The first-order chi connectivity index (χ1) is 9.51. The number of nitrogen functional groups attached to an aromatic ring is 1. The number of nitrogens with two attached hydrogens (primary N) is 2. The number of halogens is 1. The number of hydrogen-bond donors (Lipinski definition) is 3. The minimum Gasteiger partial charge on any atom is -0.383 e. The summed E-state index contributed by atoms with van der Waals surface area (Å²) in [4.78, 5) is 6.43. The van der Waals surface area contributed by atoms with Gasteiger partial charge in [-0.3, -0.25) is 11.3 Å². The third-order valence-corrected chi connectivity index (χ3v) is 4.75. The predicted octanol–water partition coefficient (Wildman–Crippen LogP) is 2.09. The largest absolute Gasteiger partial charge is 0.383 e. The van der Waals surface area contributed by atoms with E-state index < -0.39 is 0 Å². The summed E-state index contributed by atoms with van der Waals surface area (Å²) in [7, 11) is 4.20. The summed E-state index contributed by atoms with van der Waals surface area (Å²) in [5.74, 6) is 6.36. The van der Waals surface area contributed by atoms with E-state index in [4.69, 9.17) is 23.2 Å².